The highest BCUT2D eigenvalue weighted by Gasteiger charge is 2.10. The summed E-state index contributed by atoms with van der Waals surface area (Å²) in [6.07, 6.45) is 2.48. The van der Waals surface area contributed by atoms with Crippen LogP contribution in [0, 0.1) is 11.8 Å². The Morgan fingerprint density at radius 2 is 2.32 bits per heavy atom. The Bertz CT molecular complexity index is 474. The van der Waals surface area contributed by atoms with E-state index in [-0.39, 0.29) is 12.5 Å². The normalized spacial score (nSPS) is 9.89. The average molecular weight is 260 g/mol. The lowest BCUT2D eigenvalue weighted by Gasteiger charge is -2.10. The van der Waals surface area contributed by atoms with Gasteiger partial charge in [-0.25, -0.2) is 4.98 Å². The van der Waals surface area contributed by atoms with Crippen molar-refractivity contribution in [1.29, 1.82) is 0 Å². The molecule has 1 amide bonds. The molecule has 1 heterocycles. The zero-order valence-electron chi connectivity index (χ0n) is 11.4. The Hall–Kier alpha value is -1.90. The molecule has 3 N–H and O–H groups in total. The summed E-state index contributed by atoms with van der Waals surface area (Å²) in [5, 5.41) is 2.84. The molecule has 102 valence electrons. The molecule has 0 aromatic carbocycles. The molecule has 19 heavy (non-hydrogen) atoms. The maximum Gasteiger partial charge on any atom is 0.271 e. The summed E-state index contributed by atoms with van der Waals surface area (Å²) in [5.41, 5.74) is 6.29. The fourth-order valence-electron chi connectivity index (χ4n) is 1.51. The van der Waals surface area contributed by atoms with Crippen LogP contribution in [0.2, 0.25) is 0 Å². The van der Waals surface area contributed by atoms with Crippen molar-refractivity contribution in [3.63, 3.8) is 0 Å². The van der Waals surface area contributed by atoms with Crippen LogP contribution in [-0.2, 0) is 0 Å². The fourth-order valence-corrected chi connectivity index (χ4v) is 1.51. The lowest BCUT2D eigenvalue weighted by atomic mass is 10.2. The van der Waals surface area contributed by atoms with E-state index < -0.39 is 0 Å². The summed E-state index contributed by atoms with van der Waals surface area (Å²) in [5.74, 6) is 5.40. The van der Waals surface area contributed by atoms with E-state index >= 15 is 0 Å². The standard InChI is InChI=1S/C14H20N4O/c1-18(2)11-5-10-17-14(19)13-12(6-3-8-15)7-4-9-16-13/h4,7,9H,5,8,10-11,15H2,1-2H3,(H,17,19). The fraction of sp³-hybridized carbons (Fsp3) is 0.429. The third kappa shape index (κ3) is 5.51. The van der Waals surface area contributed by atoms with Gasteiger partial charge in [0.2, 0.25) is 0 Å². The van der Waals surface area contributed by atoms with Crippen molar-refractivity contribution in [3.05, 3.63) is 29.6 Å². The maximum atomic E-state index is 12.0. The van der Waals surface area contributed by atoms with Crippen molar-refractivity contribution in [2.24, 2.45) is 5.73 Å². The van der Waals surface area contributed by atoms with Crippen LogP contribution in [0.25, 0.3) is 0 Å². The van der Waals surface area contributed by atoms with Gasteiger partial charge in [-0.15, -0.1) is 0 Å². The van der Waals surface area contributed by atoms with Crippen molar-refractivity contribution < 1.29 is 4.79 Å². The van der Waals surface area contributed by atoms with Crippen LogP contribution < -0.4 is 11.1 Å². The Balaban J connectivity index is 2.61. The summed E-state index contributed by atoms with van der Waals surface area (Å²) < 4.78 is 0. The molecule has 0 aliphatic heterocycles. The number of hydrogen-bond acceptors (Lipinski definition) is 4. The average Bonchev–Trinajstić information content (AvgIpc) is 2.41. The molecule has 0 unspecified atom stereocenters. The van der Waals surface area contributed by atoms with Gasteiger partial charge in [0.05, 0.1) is 12.1 Å². The van der Waals surface area contributed by atoms with Crippen LogP contribution in [0.4, 0.5) is 0 Å². The van der Waals surface area contributed by atoms with Gasteiger partial charge in [0.25, 0.3) is 5.91 Å². The van der Waals surface area contributed by atoms with Gasteiger partial charge in [-0.1, -0.05) is 11.8 Å². The highest BCUT2D eigenvalue weighted by Crippen LogP contribution is 2.03. The number of amides is 1. The molecule has 0 aliphatic carbocycles. The molecule has 0 aliphatic rings. The molecule has 0 atom stereocenters. The Kier molecular flexibility index (Phi) is 6.58. The van der Waals surface area contributed by atoms with Gasteiger partial charge in [0.15, 0.2) is 0 Å². The van der Waals surface area contributed by atoms with Crippen molar-refractivity contribution in [3.8, 4) is 11.8 Å². The zero-order chi connectivity index (χ0) is 14.1. The monoisotopic (exact) mass is 260 g/mol. The van der Waals surface area contributed by atoms with Crippen LogP contribution in [-0.4, -0.2) is 49.5 Å². The largest absolute Gasteiger partial charge is 0.351 e. The van der Waals surface area contributed by atoms with Crippen molar-refractivity contribution in [1.82, 2.24) is 15.2 Å². The van der Waals surface area contributed by atoms with Crippen molar-refractivity contribution >= 4 is 5.91 Å². The Morgan fingerprint density at radius 1 is 1.53 bits per heavy atom. The first-order valence-corrected chi connectivity index (χ1v) is 6.22. The second kappa shape index (κ2) is 8.25. The number of carbonyl (C=O) groups is 1. The predicted octanol–water partition coefficient (Wildman–Crippen LogP) is 0.0733. The third-order valence-electron chi connectivity index (χ3n) is 2.42. The summed E-state index contributed by atoms with van der Waals surface area (Å²) >= 11 is 0. The highest BCUT2D eigenvalue weighted by molar-refractivity contribution is 5.94. The maximum absolute atomic E-state index is 12.0. The highest BCUT2D eigenvalue weighted by atomic mass is 16.1. The minimum absolute atomic E-state index is 0.194. The molecule has 0 radical (unpaired) electrons. The lowest BCUT2D eigenvalue weighted by molar-refractivity contribution is 0.0947. The van der Waals surface area contributed by atoms with Gasteiger partial charge in [-0.05, 0) is 39.2 Å². The van der Waals surface area contributed by atoms with Gasteiger partial charge < -0.3 is 16.0 Å². The molecule has 5 nitrogen and oxygen atoms in total. The van der Waals surface area contributed by atoms with E-state index in [1.54, 1.807) is 18.3 Å². The van der Waals surface area contributed by atoms with E-state index in [9.17, 15) is 4.79 Å². The minimum Gasteiger partial charge on any atom is -0.351 e. The topological polar surface area (TPSA) is 71.2 Å². The van der Waals surface area contributed by atoms with Crippen LogP contribution in [0.15, 0.2) is 18.3 Å². The summed E-state index contributed by atoms with van der Waals surface area (Å²) in [6.45, 7) is 1.82. The summed E-state index contributed by atoms with van der Waals surface area (Å²) in [4.78, 5) is 18.1. The molecule has 5 heteroatoms. The van der Waals surface area contributed by atoms with Gasteiger partial charge in [-0.3, -0.25) is 4.79 Å². The van der Waals surface area contributed by atoms with E-state index in [1.165, 1.54) is 0 Å². The van der Waals surface area contributed by atoms with E-state index in [2.05, 4.69) is 27.0 Å². The number of rotatable bonds is 5. The van der Waals surface area contributed by atoms with Crippen molar-refractivity contribution in [2.75, 3.05) is 33.7 Å². The molecular weight excluding hydrogens is 240 g/mol. The Morgan fingerprint density at radius 3 is 3.00 bits per heavy atom. The predicted molar refractivity (Wildman–Crippen MR) is 75.7 cm³/mol. The SMILES string of the molecule is CN(C)CCCNC(=O)c1ncccc1C#CCN. The van der Waals surface area contributed by atoms with E-state index in [4.69, 9.17) is 5.73 Å². The van der Waals surface area contributed by atoms with Gasteiger partial charge in [0.1, 0.15) is 5.69 Å². The second-order valence-corrected chi connectivity index (χ2v) is 4.32. The first-order valence-electron chi connectivity index (χ1n) is 6.22. The molecule has 1 rings (SSSR count). The van der Waals surface area contributed by atoms with E-state index in [1.807, 2.05) is 14.1 Å². The van der Waals surface area contributed by atoms with Gasteiger partial charge >= 0.3 is 0 Å². The lowest BCUT2D eigenvalue weighted by Crippen LogP contribution is -2.28. The molecule has 0 saturated heterocycles. The van der Waals surface area contributed by atoms with Gasteiger partial charge in [0, 0.05) is 12.7 Å². The molecule has 1 aromatic rings. The molecular formula is C14H20N4O. The molecule has 1 aromatic heterocycles. The van der Waals surface area contributed by atoms with E-state index in [0.717, 1.165) is 13.0 Å². The summed E-state index contributed by atoms with van der Waals surface area (Å²) in [6, 6.07) is 3.52. The number of nitrogens with two attached hydrogens (primary N) is 1. The molecule has 0 saturated carbocycles. The Labute approximate surface area is 114 Å². The molecule has 0 bridgehead atoms. The summed E-state index contributed by atoms with van der Waals surface area (Å²) in [7, 11) is 4.00. The minimum atomic E-state index is -0.194. The molecule has 0 spiro atoms. The van der Waals surface area contributed by atoms with Crippen LogP contribution in [0.5, 0.6) is 0 Å². The van der Waals surface area contributed by atoms with Crippen LogP contribution in [0.1, 0.15) is 22.5 Å². The second-order valence-electron chi connectivity index (χ2n) is 4.32. The van der Waals surface area contributed by atoms with E-state index in [0.29, 0.717) is 17.8 Å². The van der Waals surface area contributed by atoms with Gasteiger partial charge in [-0.2, -0.15) is 0 Å². The molecule has 0 fully saturated rings. The quantitative estimate of drug-likeness (QED) is 0.581. The zero-order valence-corrected chi connectivity index (χ0v) is 11.4. The van der Waals surface area contributed by atoms with Crippen LogP contribution in [0.3, 0.4) is 0 Å². The first kappa shape index (κ1) is 15.2. The smallest absolute Gasteiger partial charge is 0.271 e. The number of pyridine rings is 1. The number of hydrogen-bond donors (Lipinski definition) is 2. The van der Waals surface area contributed by atoms with Crippen molar-refractivity contribution in [2.45, 2.75) is 6.42 Å². The number of carbonyl (C=O) groups excluding carboxylic acids is 1. The van der Waals surface area contributed by atoms with Crippen LogP contribution >= 0.6 is 0 Å². The number of aromatic nitrogens is 1. The number of nitrogens with one attached hydrogen (secondary N) is 1. The number of nitrogens with zero attached hydrogens (tertiary/aromatic N) is 2. The third-order valence-corrected chi connectivity index (χ3v) is 2.42. The first-order chi connectivity index (χ1) is 9.15.